The highest BCUT2D eigenvalue weighted by atomic mass is 32.1. The highest BCUT2D eigenvalue weighted by Gasteiger charge is 2.27. The van der Waals surface area contributed by atoms with Gasteiger partial charge in [0.25, 0.3) is 0 Å². The predicted octanol–water partition coefficient (Wildman–Crippen LogP) is 2.22. The number of nitrogens with zero attached hydrogens (tertiary/aromatic N) is 2. The highest BCUT2D eigenvalue weighted by molar-refractivity contribution is 7.13. The first-order chi connectivity index (χ1) is 13.5. The van der Waals surface area contributed by atoms with E-state index in [1.807, 2.05) is 34.5 Å². The number of hydrogen-bond donors (Lipinski definition) is 2. The van der Waals surface area contributed by atoms with Crippen molar-refractivity contribution < 1.29 is 14.3 Å². The normalized spacial score (nSPS) is 14.7. The fraction of sp³-hybridized carbons (Fsp3) is 0.450. The molecule has 2 amide bonds. The third-order valence-corrected chi connectivity index (χ3v) is 5.73. The summed E-state index contributed by atoms with van der Waals surface area (Å²) in [5.74, 6) is 0.926. The lowest BCUT2D eigenvalue weighted by Crippen LogP contribution is -2.43. The molecule has 3 rings (SSSR count). The van der Waals surface area contributed by atoms with E-state index in [0.29, 0.717) is 50.4 Å². The molecule has 3 N–H and O–H groups in total. The fourth-order valence-electron chi connectivity index (χ4n) is 3.30. The third-order valence-electron chi connectivity index (χ3n) is 5.01. The molecule has 1 aromatic heterocycles. The van der Waals surface area contributed by atoms with Gasteiger partial charge in [-0.15, -0.1) is 11.3 Å². The van der Waals surface area contributed by atoms with Crippen LogP contribution in [0.25, 0.3) is 0 Å². The maximum Gasteiger partial charge on any atom is 0.223 e. The molecule has 1 saturated heterocycles. The summed E-state index contributed by atoms with van der Waals surface area (Å²) in [5, 5.41) is 5.42. The summed E-state index contributed by atoms with van der Waals surface area (Å²) in [6.45, 7) is 1.75. The Kier molecular flexibility index (Phi) is 6.86. The van der Waals surface area contributed by atoms with Crippen LogP contribution in [0.1, 0.15) is 30.5 Å². The minimum atomic E-state index is -0.0411. The van der Waals surface area contributed by atoms with Crippen LogP contribution in [-0.2, 0) is 22.6 Å². The van der Waals surface area contributed by atoms with E-state index in [9.17, 15) is 9.59 Å². The van der Waals surface area contributed by atoms with Gasteiger partial charge in [0, 0.05) is 37.4 Å². The van der Waals surface area contributed by atoms with Crippen molar-refractivity contribution in [3.63, 3.8) is 0 Å². The molecule has 1 aliphatic heterocycles. The van der Waals surface area contributed by atoms with Crippen molar-refractivity contribution in [1.82, 2.24) is 15.2 Å². The number of amides is 2. The predicted molar refractivity (Wildman–Crippen MR) is 109 cm³/mol. The van der Waals surface area contributed by atoms with Gasteiger partial charge in [0.15, 0.2) is 5.13 Å². The standard InChI is InChI=1S/C20H26N4O3S/c1-27-17-5-2-14(3-6-17)12-22-19(26)15-8-10-24(11-9-15)18(25)7-4-16-13-28-20(21)23-16/h2-3,5-6,13,15H,4,7-12H2,1H3,(H2,21,23)(H,22,26). The van der Waals surface area contributed by atoms with E-state index >= 15 is 0 Å². The van der Waals surface area contributed by atoms with E-state index in [1.165, 1.54) is 11.3 Å². The average Bonchev–Trinajstić information content (AvgIpc) is 3.16. The van der Waals surface area contributed by atoms with Gasteiger partial charge < -0.3 is 20.7 Å². The number of likely N-dealkylation sites (tertiary alicyclic amines) is 1. The smallest absolute Gasteiger partial charge is 0.223 e. The van der Waals surface area contributed by atoms with E-state index < -0.39 is 0 Å². The fourth-order valence-corrected chi connectivity index (χ4v) is 3.90. The highest BCUT2D eigenvalue weighted by Crippen LogP contribution is 2.20. The van der Waals surface area contributed by atoms with Crippen LogP contribution in [0.5, 0.6) is 5.75 Å². The molecule has 1 aliphatic rings. The number of nitrogens with two attached hydrogens (primary N) is 1. The Morgan fingerprint density at radius 2 is 2.00 bits per heavy atom. The van der Waals surface area contributed by atoms with Gasteiger partial charge in [0.1, 0.15) is 5.75 Å². The van der Waals surface area contributed by atoms with Crippen molar-refractivity contribution >= 4 is 28.3 Å². The number of piperidine rings is 1. The first-order valence-electron chi connectivity index (χ1n) is 9.43. The maximum atomic E-state index is 12.4. The van der Waals surface area contributed by atoms with Crippen LogP contribution >= 0.6 is 11.3 Å². The molecule has 0 unspecified atom stereocenters. The summed E-state index contributed by atoms with van der Waals surface area (Å²) < 4.78 is 5.13. The molecule has 0 spiro atoms. The Balaban J connectivity index is 1.38. The molecular formula is C20H26N4O3S. The van der Waals surface area contributed by atoms with Gasteiger partial charge in [-0.25, -0.2) is 4.98 Å². The zero-order chi connectivity index (χ0) is 19.9. The Labute approximate surface area is 168 Å². The number of anilines is 1. The van der Waals surface area contributed by atoms with Crippen molar-refractivity contribution in [1.29, 1.82) is 0 Å². The van der Waals surface area contributed by atoms with Crippen molar-refractivity contribution in [2.75, 3.05) is 25.9 Å². The minimum absolute atomic E-state index is 0.0411. The van der Waals surface area contributed by atoms with Crippen LogP contribution in [0.2, 0.25) is 0 Å². The van der Waals surface area contributed by atoms with E-state index in [-0.39, 0.29) is 17.7 Å². The molecule has 7 nitrogen and oxygen atoms in total. The summed E-state index contributed by atoms with van der Waals surface area (Å²) in [6, 6.07) is 7.64. The van der Waals surface area contributed by atoms with Crippen LogP contribution < -0.4 is 15.8 Å². The molecule has 2 heterocycles. The third kappa shape index (κ3) is 5.45. The Morgan fingerprint density at radius 1 is 1.29 bits per heavy atom. The lowest BCUT2D eigenvalue weighted by molar-refractivity contribution is -0.135. The Hall–Kier alpha value is -2.61. The first kappa shape index (κ1) is 20.1. The molecule has 0 radical (unpaired) electrons. The quantitative estimate of drug-likeness (QED) is 0.740. The molecule has 28 heavy (non-hydrogen) atoms. The molecule has 0 atom stereocenters. The topological polar surface area (TPSA) is 97.5 Å². The number of aryl methyl sites for hydroxylation is 1. The number of nitrogens with one attached hydrogen (secondary N) is 1. The minimum Gasteiger partial charge on any atom is -0.497 e. The average molecular weight is 403 g/mol. The van der Waals surface area contributed by atoms with Crippen LogP contribution in [-0.4, -0.2) is 41.9 Å². The summed E-state index contributed by atoms with van der Waals surface area (Å²) >= 11 is 1.39. The van der Waals surface area contributed by atoms with Gasteiger partial charge >= 0.3 is 0 Å². The van der Waals surface area contributed by atoms with Crippen LogP contribution in [0, 0.1) is 5.92 Å². The first-order valence-corrected chi connectivity index (χ1v) is 10.3. The molecule has 1 aromatic carbocycles. The molecule has 8 heteroatoms. The molecule has 2 aromatic rings. The van der Waals surface area contributed by atoms with Crippen molar-refractivity contribution in [2.24, 2.45) is 5.92 Å². The number of carbonyl (C=O) groups is 2. The van der Waals surface area contributed by atoms with E-state index in [0.717, 1.165) is 17.0 Å². The Bertz CT molecular complexity index is 798. The SMILES string of the molecule is COc1ccc(CNC(=O)C2CCN(C(=O)CCc3csc(N)n3)CC2)cc1. The lowest BCUT2D eigenvalue weighted by atomic mass is 9.95. The second-order valence-electron chi connectivity index (χ2n) is 6.90. The van der Waals surface area contributed by atoms with Gasteiger partial charge in [-0.1, -0.05) is 12.1 Å². The van der Waals surface area contributed by atoms with E-state index in [2.05, 4.69) is 10.3 Å². The van der Waals surface area contributed by atoms with E-state index in [4.69, 9.17) is 10.5 Å². The van der Waals surface area contributed by atoms with Gasteiger partial charge in [0.05, 0.1) is 12.8 Å². The zero-order valence-electron chi connectivity index (χ0n) is 16.0. The molecule has 0 saturated carbocycles. The second kappa shape index (κ2) is 9.54. The van der Waals surface area contributed by atoms with E-state index in [1.54, 1.807) is 7.11 Å². The number of benzene rings is 1. The monoisotopic (exact) mass is 402 g/mol. The lowest BCUT2D eigenvalue weighted by Gasteiger charge is -2.31. The second-order valence-corrected chi connectivity index (χ2v) is 7.79. The van der Waals surface area contributed by atoms with Gasteiger partial charge in [-0.3, -0.25) is 9.59 Å². The summed E-state index contributed by atoms with van der Waals surface area (Å²) in [7, 11) is 1.63. The molecule has 1 fully saturated rings. The van der Waals surface area contributed by atoms with Crippen molar-refractivity contribution in [2.45, 2.75) is 32.2 Å². The van der Waals surface area contributed by atoms with Gasteiger partial charge in [-0.2, -0.15) is 0 Å². The summed E-state index contributed by atoms with van der Waals surface area (Å²) in [4.78, 5) is 30.8. The number of nitrogen functional groups attached to an aromatic ring is 1. The zero-order valence-corrected chi connectivity index (χ0v) is 16.8. The largest absolute Gasteiger partial charge is 0.497 e. The van der Waals surface area contributed by atoms with Gasteiger partial charge in [0.2, 0.25) is 11.8 Å². The number of ether oxygens (including phenoxy) is 1. The molecule has 150 valence electrons. The number of aromatic nitrogens is 1. The maximum absolute atomic E-state index is 12.4. The number of hydrogen-bond acceptors (Lipinski definition) is 6. The number of thiazole rings is 1. The van der Waals surface area contributed by atoms with Crippen LogP contribution in [0.3, 0.4) is 0 Å². The molecular weight excluding hydrogens is 376 g/mol. The summed E-state index contributed by atoms with van der Waals surface area (Å²) in [5.41, 5.74) is 7.51. The summed E-state index contributed by atoms with van der Waals surface area (Å²) in [6.07, 6.45) is 2.43. The number of carbonyl (C=O) groups excluding carboxylic acids is 2. The Morgan fingerprint density at radius 3 is 2.61 bits per heavy atom. The van der Waals surface area contributed by atoms with Crippen molar-refractivity contribution in [3.8, 4) is 5.75 Å². The van der Waals surface area contributed by atoms with Gasteiger partial charge in [-0.05, 0) is 37.0 Å². The number of rotatable bonds is 7. The molecule has 0 aliphatic carbocycles. The molecule has 0 bridgehead atoms. The van der Waals surface area contributed by atoms with Crippen LogP contribution in [0.15, 0.2) is 29.6 Å². The number of methoxy groups -OCH3 is 1. The van der Waals surface area contributed by atoms with Crippen LogP contribution in [0.4, 0.5) is 5.13 Å². The van der Waals surface area contributed by atoms with Crippen molar-refractivity contribution in [3.05, 3.63) is 40.9 Å².